The lowest BCUT2D eigenvalue weighted by molar-refractivity contribution is 0.403. The molecule has 306 valence electrons. The van der Waals surface area contributed by atoms with Gasteiger partial charge in [-0.3, -0.25) is 0 Å². The van der Waals surface area contributed by atoms with Crippen molar-refractivity contribution in [1.82, 2.24) is 0 Å². The molecule has 63 heavy (non-hydrogen) atoms. The zero-order chi connectivity index (χ0) is 43.2. The minimum atomic E-state index is -0.124. The summed E-state index contributed by atoms with van der Waals surface area (Å²) >= 11 is 0. The minimum Gasteiger partial charge on any atom is -0.311 e. The molecule has 8 aromatic rings. The highest BCUT2D eigenvalue weighted by atomic mass is 15.2. The Bertz CT molecular complexity index is 3210. The van der Waals surface area contributed by atoms with E-state index in [1.54, 1.807) is 0 Å². The van der Waals surface area contributed by atoms with Crippen LogP contribution >= 0.6 is 0 Å². The summed E-state index contributed by atoms with van der Waals surface area (Å²) in [5, 5.41) is 0. The SMILES string of the molecule is Cc1cc2c3c(c1)N(c1cccc4c1-c1ccccc1C4(C)C)c1cc(-c4ccccc4)ccc1B3c1cc3c(cc1N2c1ccc(-c2ccccc2)cc1C)C(C)(C)CC3(C)C. The van der Waals surface area contributed by atoms with E-state index < -0.39 is 0 Å². The Morgan fingerprint density at radius 1 is 0.413 bits per heavy atom. The normalized spacial score (nSPS) is 16.5. The van der Waals surface area contributed by atoms with Crippen LogP contribution in [-0.2, 0) is 16.2 Å². The molecule has 0 unspecified atom stereocenters. The summed E-state index contributed by atoms with van der Waals surface area (Å²) in [6, 6.07) is 62.5. The monoisotopic (exact) mass is 812 g/mol. The smallest absolute Gasteiger partial charge is 0.252 e. The fourth-order valence-corrected chi connectivity index (χ4v) is 12.6. The van der Waals surface area contributed by atoms with Crippen LogP contribution in [0.4, 0.5) is 34.1 Å². The first-order chi connectivity index (χ1) is 30.3. The second-order valence-electron chi connectivity index (χ2n) is 20.6. The molecule has 2 nitrogen and oxygen atoms in total. The lowest BCUT2D eigenvalue weighted by Crippen LogP contribution is -2.61. The summed E-state index contributed by atoms with van der Waals surface area (Å²) in [4.78, 5) is 5.29. The van der Waals surface area contributed by atoms with Crippen LogP contribution in [0, 0.1) is 13.8 Å². The molecular weight excluding hydrogens is 759 g/mol. The molecule has 0 radical (unpaired) electrons. The van der Waals surface area contributed by atoms with Crippen LogP contribution in [0.3, 0.4) is 0 Å². The van der Waals surface area contributed by atoms with E-state index in [1.165, 1.54) is 117 Å². The van der Waals surface area contributed by atoms with Crippen LogP contribution in [0.5, 0.6) is 0 Å². The van der Waals surface area contributed by atoms with E-state index in [0.717, 1.165) is 6.42 Å². The van der Waals surface area contributed by atoms with E-state index in [1.807, 2.05) is 0 Å². The summed E-state index contributed by atoms with van der Waals surface area (Å²) < 4.78 is 0. The number of hydrogen-bond donors (Lipinski definition) is 0. The Kier molecular flexibility index (Phi) is 8.00. The maximum absolute atomic E-state index is 2.65. The highest BCUT2D eigenvalue weighted by Gasteiger charge is 2.49. The van der Waals surface area contributed by atoms with Crippen molar-refractivity contribution in [3.05, 3.63) is 197 Å². The predicted molar refractivity (Wildman–Crippen MR) is 269 cm³/mol. The second kappa shape index (κ2) is 13.2. The van der Waals surface area contributed by atoms with Gasteiger partial charge in [-0.15, -0.1) is 0 Å². The van der Waals surface area contributed by atoms with Crippen molar-refractivity contribution < 1.29 is 0 Å². The number of hydrogen-bond acceptors (Lipinski definition) is 2. The highest BCUT2D eigenvalue weighted by molar-refractivity contribution is 7.00. The van der Waals surface area contributed by atoms with E-state index in [4.69, 9.17) is 0 Å². The summed E-state index contributed by atoms with van der Waals surface area (Å²) in [6.07, 6.45) is 1.12. The van der Waals surface area contributed by atoms with Crippen molar-refractivity contribution in [3.8, 4) is 33.4 Å². The topological polar surface area (TPSA) is 6.48 Å². The Hall–Kier alpha value is -6.58. The molecule has 0 fully saturated rings. The van der Waals surface area contributed by atoms with Crippen molar-refractivity contribution in [3.63, 3.8) is 0 Å². The summed E-state index contributed by atoms with van der Waals surface area (Å²) in [5.41, 5.74) is 27.5. The van der Waals surface area contributed by atoms with Crippen molar-refractivity contribution in [2.45, 2.75) is 78.1 Å². The maximum atomic E-state index is 2.65. The van der Waals surface area contributed by atoms with Crippen LogP contribution in [0.25, 0.3) is 33.4 Å². The van der Waals surface area contributed by atoms with Gasteiger partial charge in [0, 0.05) is 39.4 Å². The number of nitrogens with zero attached hydrogens (tertiary/aromatic N) is 2. The van der Waals surface area contributed by atoms with Crippen molar-refractivity contribution in [2.75, 3.05) is 9.80 Å². The second-order valence-corrected chi connectivity index (χ2v) is 20.6. The lowest BCUT2D eigenvalue weighted by Gasteiger charge is -2.45. The van der Waals surface area contributed by atoms with Gasteiger partial charge in [-0.05, 0) is 151 Å². The molecule has 0 saturated heterocycles. The van der Waals surface area contributed by atoms with E-state index in [-0.39, 0.29) is 23.0 Å². The first-order valence-corrected chi connectivity index (χ1v) is 22.8. The first kappa shape index (κ1) is 38.1. The molecule has 2 heterocycles. The molecule has 0 spiro atoms. The van der Waals surface area contributed by atoms with Gasteiger partial charge in [0.1, 0.15) is 0 Å². The van der Waals surface area contributed by atoms with E-state index in [0.29, 0.717) is 0 Å². The maximum Gasteiger partial charge on any atom is 0.252 e. The number of rotatable bonds is 4. The van der Waals surface area contributed by atoms with Crippen molar-refractivity contribution >= 4 is 57.2 Å². The van der Waals surface area contributed by atoms with Gasteiger partial charge in [-0.1, -0.05) is 163 Å². The summed E-state index contributed by atoms with van der Waals surface area (Å²) in [6.45, 7) is 19.2. The minimum absolute atomic E-state index is 0.0344. The fourth-order valence-electron chi connectivity index (χ4n) is 12.6. The molecule has 3 heteroatoms. The Labute approximate surface area is 374 Å². The van der Waals surface area contributed by atoms with Crippen molar-refractivity contribution in [1.29, 1.82) is 0 Å². The molecule has 0 aromatic heterocycles. The third kappa shape index (κ3) is 5.45. The third-order valence-corrected chi connectivity index (χ3v) is 15.2. The van der Waals surface area contributed by atoms with E-state index in [9.17, 15) is 0 Å². The molecular formula is C60H53BN2. The zero-order valence-electron chi connectivity index (χ0n) is 37.8. The average Bonchev–Trinajstić information content (AvgIpc) is 3.63. The predicted octanol–water partition coefficient (Wildman–Crippen LogP) is 14.0. The number of benzene rings is 8. The van der Waals surface area contributed by atoms with Crippen LogP contribution in [0.2, 0.25) is 0 Å². The number of fused-ring (bicyclic) bond motifs is 8. The molecule has 12 rings (SSSR count). The summed E-state index contributed by atoms with van der Waals surface area (Å²) in [5.74, 6) is 0. The average molecular weight is 813 g/mol. The first-order valence-electron chi connectivity index (χ1n) is 22.8. The van der Waals surface area contributed by atoms with Crippen LogP contribution < -0.4 is 26.2 Å². The van der Waals surface area contributed by atoms with Gasteiger partial charge in [-0.2, -0.15) is 0 Å². The van der Waals surface area contributed by atoms with Gasteiger partial charge in [0.05, 0.1) is 5.69 Å². The Balaban J connectivity index is 1.19. The molecule has 0 bridgehead atoms. The van der Waals surface area contributed by atoms with E-state index in [2.05, 4.69) is 229 Å². The zero-order valence-corrected chi connectivity index (χ0v) is 37.8. The highest BCUT2D eigenvalue weighted by Crippen LogP contribution is 2.56. The molecule has 0 atom stereocenters. The van der Waals surface area contributed by atoms with Crippen molar-refractivity contribution in [2.24, 2.45) is 0 Å². The van der Waals surface area contributed by atoms with Crippen LogP contribution in [-0.4, -0.2) is 6.71 Å². The van der Waals surface area contributed by atoms with E-state index >= 15 is 0 Å². The Morgan fingerprint density at radius 3 is 1.67 bits per heavy atom. The Morgan fingerprint density at radius 2 is 0.984 bits per heavy atom. The summed E-state index contributed by atoms with van der Waals surface area (Å²) in [7, 11) is 0. The van der Waals surface area contributed by atoms with Gasteiger partial charge in [0.15, 0.2) is 0 Å². The van der Waals surface area contributed by atoms with Gasteiger partial charge < -0.3 is 9.80 Å². The molecule has 2 aliphatic heterocycles. The standard InChI is InChI=1S/C60H53BN2/c1-37-30-54-57-55(31-37)63(51-25-17-24-45-56(51)43-22-15-16-23-44(43)60(45,7)8)52-33-42(40-20-13-10-14-21-40)26-28-48(52)61(57)49-34-46-47(59(5,6)36-58(46,3)4)35-53(49)62(54)50-29-27-41(32-38(50)2)39-18-11-9-12-19-39/h9-35H,36H2,1-8H3. The van der Waals surface area contributed by atoms with Gasteiger partial charge in [0.25, 0.3) is 6.71 Å². The van der Waals surface area contributed by atoms with Gasteiger partial charge in [0.2, 0.25) is 0 Å². The van der Waals surface area contributed by atoms with Gasteiger partial charge in [-0.25, -0.2) is 0 Å². The third-order valence-electron chi connectivity index (χ3n) is 15.2. The van der Waals surface area contributed by atoms with Crippen LogP contribution in [0.1, 0.15) is 81.3 Å². The van der Waals surface area contributed by atoms with Gasteiger partial charge >= 0.3 is 0 Å². The molecule has 0 saturated carbocycles. The number of anilines is 6. The molecule has 8 aromatic carbocycles. The quantitative estimate of drug-likeness (QED) is 0.163. The molecule has 0 N–H and O–H groups in total. The molecule has 0 amide bonds. The lowest BCUT2D eigenvalue weighted by atomic mass is 9.33. The fraction of sp³-hybridized carbons (Fsp3) is 0.200. The largest absolute Gasteiger partial charge is 0.311 e. The molecule has 4 aliphatic rings. The van der Waals surface area contributed by atoms with Crippen LogP contribution in [0.15, 0.2) is 164 Å². The molecule has 2 aliphatic carbocycles. The number of aryl methyl sites for hydroxylation is 2.